The largest absolute Gasteiger partial charge is 0.345 e. The van der Waals surface area contributed by atoms with Crippen LogP contribution in [0.15, 0.2) is 48.8 Å². The van der Waals surface area contributed by atoms with Gasteiger partial charge in [-0.05, 0) is 23.8 Å². The van der Waals surface area contributed by atoms with Crippen molar-refractivity contribution < 1.29 is 4.79 Å². The molecule has 20 heavy (non-hydrogen) atoms. The molecule has 0 aliphatic carbocycles. The van der Waals surface area contributed by atoms with Gasteiger partial charge in [0.1, 0.15) is 6.54 Å². The molecule has 2 aromatic rings. The molecular weight excluding hydrogens is 250 g/mol. The molecule has 4 nitrogen and oxygen atoms in total. The molecule has 1 aromatic carbocycles. The molecule has 0 atom stereocenters. The summed E-state index contributed by atoms with van der Waals surface area (Å²) in [7, 11) is 0. The van der Waals surface area contributed by atoms with Crippen molar-refractivity contribution in [3.8, 4) is 0 Å². The van der Waals surface area contributed by atoms with Gasteiger partial charge in [-0.25, -0.2) is 0 Å². The van der Waals surface area contributed by atoms with Crippen molar-refractivity contribution in [1.82, 2.24) is 9.88 Å². The lowest BCUT2D eigenvalue weighted by Crippen LogP contribution is -2.21. The molecule has 1 aromatic heterocycles. The summed E-state index contributed by atoms with van der Waals surface area (Å²) in [5, 5.41) is 6.23. The lowest BCUT2D eigenvalue weighted by atomic mass is 10.3. The van der Waals surface area contributed by atoms with Crippen LogP contribution in [0.5, 0.6) is 0 Å². The smallest absolute Gasteiger partial charge is 0.244 e. The minimum absolute atomic E-state index is 0.0184. The second-order valence-corrected chi connectivity index (χ2v) is 5.14. The fraction of sp³-hybridized carbons (Fsp3) is 0.312. The zero-order valence-electron chi connectivity index (χ0n) is 12.0. The first-order valence-electron chi connectivity index (χ1n) is 6.86. The molecule has 0 radical (unpaired) electrons. The van der Waals surface area contributed by atoms with Crippen LogP contribution in [-0.4, -0.2) is 16.5 Å². The van der Waals surface area contributed by atoms with Crippen LogP contribution >= 0.6 is 0 Å². The highest BCUT2D eigenvalue weighted by Gasteiger charge is 2.04. The molecule has 0 fully saturated rings. The summed E-state index contributed by atoms with van der Waals surface area (Å²) < 4.78 is 1.90. The van der Waals surface area contributed by atoms with Gasteiger partial charge in [0.2, 0.25) is 5.91 Å². The molecule has 0 bridgehead atoms. The predicted molar refractivity (Wildman–Crippen MR) is 81.5 cm³/mol. The van der Waals surface area contributed by atoms with E-state index in [0.29, 0.717) is 12.6 Å². The van der Waals surface area contributed by atoms with Crippen molar-refractivity contribution in [3.63, 3.8) is 0 Å². The first-order chi connectivity index (χ1) is 9.63. The maximum atomic E-state index is 11.9. The summed E-state index contributed by atoms with van der Waals surface area (Å²) >= 11 is 0. The molecule has 0 spiro atoms. The Bertz CT molecular complexity index is 546. The van der Waals surface area contributed by atoms with Gasteiger partial charge in [0.05, 0.1) is 0 Å². The average molecular weight is 271 g/mol. The van der Waals surface area contributed by atoms with Gasteiger partial charge >= 0.3 is 0 Å². The highest BCUT2D eigenvalue weighted by Crippen LogP contribution is 2.06. The van der Waals surface area contributed by atoms with E-state index in [4.69, 9.17) is 0 Å². The summed E-state index contributed by atoms with van der Waals surface area (Å²) in [6.07, 6.45) is 3.93. The Morgan fingerprint density at radius 3 is 2.65 bits per heavy atom. The van der Waals surface area contributed by atoms with Crippen LogP contribution in [0.2, 0.25) is 0 Å². The number of nitrogens with one attached hydrogen (secondary N) is 2. The Kier molecular flexibility index (Phi) is 4.96. The number of hydrogen-bond acceptors (Lipinski definition) is 2. The second-order valence-electron chi connectivity index (χ2n) is 5.14. The number of amides is 1. The van der Waals surface area contributed by atoms with Crippen molar-refractivity contribution in [2.45, 2.75) is 33.0 Å². The Balaban J connectivity index is 1.85. The zero-order chi connectivity index (χ0) is 14.4. The van der Waals surface area contributed by atoms with E-state index in [-0.39, 0.29) is 5.91 Å². The minimum atomic E-state index is -0.0184. The SMILES string of the molecule is CC(C)NCc1ccn(CC(=O)Nc2ccccc2)c1. The van der Waals surface area contributed by atoms with E-state index in [9.17, 15) is 4.79 Å². The Hall–Kier alpha value is -2.07. The molecule has 106 valence electrons. The summed E-state index contributed by atoms with van der Waals surface area (Å²) in [5.41, 5.74) is 2.01. The number of carbonyl (C=O) groups is 1. The third kappa shape index (κ3) is 4.55. The summed E-state index contributed by atoms with van der Waals surface area (Å²) in [6.45, 7) is 5.39. The van der Waals surface area contributed by atoms with Gasteiger partial charge in [0, 0.05) is 30.7 Å². The number of rotatable bonds is 6. The monoisotopic (exact) mass is 271 g/mol. The van der Waals surface area contributed by atoms with Gasteiger partial charge < -0.3 is 15.2 Å². The van der Waals surface area contributed by atoms with E-state index in [1.807, 2.05) is 53.4 Å². The van der Waals surface area contributed by atoms with Gasteiger partial charge in [-0.15, -0.1) is 0 Å². The lowest BCUT2D eigenvalue weighted by molar-refractivity contribution is -0.116. The van der Waals surface area contributed by atoms with Crippen LogP contribution in [0.4, 0.5) is 5.69 Å². The first kappa shape index (κ1) is 14.3. The highest BCUT2D eigenvalue weighted by molar-refractivity contribution is 5.90. The standard InChI is InChI=1S/C16H21N3O/c1-13(2)17-10-14-8-9-19(11-14)12-16(20)18-15-6-4-3-5-7-15/h3-9,11,13,17H,10,12H2,1-2H3,(H,18,20). The van der Waals surface area contributed by atoms with E-state index in [1.165, 1.54) is 5.56 Å². The maximum absolute atomic E-state index is 11.9. The van der Waals surface area contributed by atoms with Crippen molar-refractivity contribution in [1.29, 1.82) is 0 Å². The molecule has 0 saturated heterocycles. The quantitative estimate of drug-likeness (QED) is 0.848. The number of benzene rings is 1. The van der Waals surface area contributed by atoms with E-state index in [0.717, 1.165) is 12.2 Å². The molecule has 0 saturated carbocycles. The van der Waals surface area contributed by atoms with Crippen molar-refractivity contribution in [2.24, 2.45) is 0 Å². The Labute approximate surface area is 119 Å². The molecule has 1 heterocycles. The molecular formula is C16H21N3O. The fourth-order valence-corrected chi connectivity index (χ4v) is 1.90. The van der Waals surface area contributed by atoms with E-state index < -0.39 is 0 Å². The van der Waals surface area contributed by atoms with Crippen LogP contribution in [0, 0.1) is 0 Å². The third-order valence-electron chi connectivity index (χ3n) is 2.91. The van der Waals surface area contributed by atoms with E-state index in [2.05, 4.69) is 24.5 Å². The van der Waals surface area contributed by atoms with Gasteiger partial charge in [-0.3, -0.25) is 4.79 Å². The van der Waals surface area contributed by atoms with Gasteiger partial charge in [-0.2, -0.15) is 0 Å². The first-order valence-corrected chi connectivity index (χ1v) is 6.86. The molecule has 0 unspecified atom stereocenters. The minimum Gasteiger partial charge on any atom is -0.345 e. The topological polar surface area (TPSA) is 46.1 Å². The second kappa shape index (κ2) is 6.91. The number of para-hydroxylation sites is 1. The summed E-state index contributed by atoms with van der Waals surface area (Å²) in [4.78, 5) is 11.9. The van der Waals surface area contributed by atoms with Gasteiger partial charge in [-0.1, -0.05) is 32.0 Å². The molecule has 1 amide bonds. The van der Waals surface area contributed by atoms with Crippen molar-refractivity contribution in [2.75, 3.05) is 5.32 Å². The van der Waals surface area contributed by atoms with Gasteiger partial charge in [0.15, 0.2) is 0 Å². The molecule has 2 N–H and O–H groups in total. The summed E-state index contributed by atoms with van der Waals surface area (Å²) in [5.74, 6) is -0.0184. The third-order valence-corrected chi connectivity index (χ3v) is 2.91. The van der Waals surface area contributed by atoms with Crippen LogP contribution in [0.3, 0.4) is 0 Å². The molecule has 4 heteroatoms. The maximum Gasteiger partial charge on any atom is 0.244 e. The highest BCUT2D eigenvalue weighted by atomic mass is 16.1. The number of aromatic nitrogens is 1. The van der Waals surface area contributed by atoms with E-state index in [1.54, 1.807) is 0 Å². The van der Waals surface area contributed by atoms with Crippen molar-refractivity contribution >= 4 is 11.6 Å². The Morgan fingerprint density at radius 2 is 1.95 bits per heavy atom. The number of carbonyl (C=O) groups excluding carboxylic acids is 1. The average Bonchev–Trinajstić information content (AvgIpc) is 2.85. The summed E-state index contributed by atoms with van der Waals surface area (Å²) in [6, 6.07) is 12.0. The van der Waals surface area contributed by atoms with Crippen LogP contribution in [0.25, 0.3) is 0 Å². The Morgan fingerprint density at radius 1 is 1.20 bits per heavy atom. The fourth-order valence-electron chi connectivity index (χ4n) is 1.90. The van der Waals surface area contributed by atoms with Gasteiger partial charge in [0.25, 0.3) is 0 Å². The number of nitrogens with zero attached hydrogens (tertiary/aromatic N) is 1. The number of anilines is 1. The molecule has 0 aliphatic heterocycles. The normalized spacial score (nSPS) is 10.8. The van der Waals surface area contributed by atoms with Crippen LogP contribution < -0.4 is 10.6 Å². The van der Waals surface area contributed by atoms with Crippen LogP contribution in [0.1, 0.15) is 19.4 Å². The number of hydrogen-bond donors (Lipinski definition) is 2. The zero-order valence-corrected chi connectivity index (χ0v) is 12.0. The lowest BCUT2D eigenvalue weighted by Gasteiger charge is -2.07. The predicted octanol–water partition coefficient (Wildman–Crippen LogP) is 2.62. The van der Waals surface area contributed by atoms with Crippen molar-refractivity contribution in [3.05, 3.63) is 54.4 Å². The molecule has 0 aliphatic rings. The van der Waals surface area contributed by atoms with Crippen LogP contribution in [-0.2, 0) is 17.9 Å². The van der Waals surface area contributed by atoms with E-state index >= 15 is 0 Å². The molecule has 2 rings (SSSR count).